The van der Waals surface area contributed by atoms with Crippen LogP contribution in [0, 0.1) is 13.1 Å². The summed E-state index contributed by atoms with van der Waals surface area (Å²) in [6, 6.07) is 2.06. The topological polar surface area (TPSA) is 12.9 Å². The maximum absolute atomic E-state index is 3.98. The average molecular weight is 132 g/mol. The summed E-state index contributed by atoms with van der Waals surface area (Å²) >= 11 is 0. The highest BCUT2D eigenvalue weighted by molar-refractivity contribution is 5.27. The van der Waals surface area contributed by atoms with Crippen LogP contribution >= 0.6 is 0 Å². The summed E-state index contributed by atoms with van der Waals surface area (Å²) in [5, 5.41) is 0. The number of hydrogen-bond acceptors (Lipinski definition) is 1. The highest BCUT2D eigenvalue weighted by atomic mass is 14.6. The molecule has 1 aromatic heterocycles. The molecule has 1 aliphatic rings. The van der Waals surface area contributed by atoms with E-state index in [-0.39, 0.29) is 0 Å². The molecule has 0 aromatic carbocycles. The molecular weight excluding hydrogens is 122 g/mol. The minimum atomic E-state index is 0.786. The summed E-state index contributed by atoms with van der Waals surface area (Å²) in [4.78, 5) is 3.98. The van der Waals surface area contributed by atoms with Crippen molar-refractivity contribution in [3.8, 4) is 0 Å². The zero-order valence-electron chi connectivity index (χ0n) is 6.09. The van der Waals surface area contributed by atoms with Crippen LogP contribution in [-0.2, 0) is 0 Å². The normalized spacial score (nSPS) is 17.3. The molecule has 1 heterocycles. The predicted molar refractivity (Wildman–Crippen MR) is 39.8 cm³/mol. The first kappa shape index (κ1) is 5.90. The van der Waals surface area contributed by atoms with Gasteiger partial charge in [0.15, 0.2) is 0 Å². The number of aryl methyl sites for hydroxylation is 1. The van der Waals surface area contributed by atoms with Gasteiger partial charge in [0.05, 0.1) is 6.20 Å². The fourth-order valence-corrected chi connectivity index (χ4v) is 1.22. The van der Waals surface area contributed by atoms with Crippen LogP contribution in [0.15, 0.2) is 12.3 Å². The van der Waals surface area contributed by atoms with E-state index in [9.17, 15) is 0 Å². The summed E-state index contributed by atoms with van der Waals surface area (Å²) in [5.74, 6) is 0.786. The molecule has 1 fully saturated rings. The lowest BCUT2D eigenvalue weighted by atomic mass is 10.1. The minimum Gasteiger partial charge on any atom is -0.254 e. The zero-order chi connectivity index (χ0) is 6.97. The van der Waals surface area contributed by atoms with Crippen LogP contribution in [0.5, 0.6) is 0 Å². The summed E-state index contributed by atoms with van der Waals surface area (Å²) in [7, 11) is 0. The van der Waals surface area contributed by atoms with Crippen LogP contribution in [0.1, 0.15) is 29.9 Å². The van der Waals surface area contributed by atoms with E-state index in [2.05, 4.69) is 24.2 Å². The smallest absolute Gasteiger partial charge is 0.0926 e. The van der Waals surface area contributed by atoms with Gasteiger partial charge in [0.2, 0.25) is 0 Å². The van der Waals surface area contributed by atoms with Crippen molar-refractivity contribution < 1.29 is 0 Å². The summed E-state index contributed by atoms with van der Waals surface area (Å²) in [6.07, 6.45) is 7.53. The van der Waals surface area contributed by atoms with Gasteiger partial charge in [0.25, 0.3) is 0 Å². The Kier molecular flexibility index (Phi) is 1.23. The Balaban J connectivity index is 2.39. The van der Waals surface area contributed by atoms with E-state index in [4.69, 9.17) is 0 Å². The van der Waals surface area contributed by atoms with Crippen LogP contribution in [0.25, 0.3) is 0 Å². The first-order valence-corrected chi connectivity index (χ1v) is 3.71. The lowest BCUT2D eigenvalue weighted by Crippen LogP contribution is -1.86. The third-order valence-electron chi connectivity index (χ3n) is 1.99. The summed E-state index contributed by atoms with van der Waals surface area (Å²) in [5.41, 5.74) is 2.68. The highest BCUT2D eigenvalue weighted by Crippen LogP contribution is 2.40. The van der Waals surface area contributed by atoms with E-state index < -0.39 is 0 Å². The SMILES string of the molecule is Cc1ccn[c]c1C1CC1. The van der Waals surface area contributed by atoms with Gasteiger partial charge >= 0.3 is 0 Å². The largest absolute Gasteiger partial charge is 0.254 e. The van der Waals surface area contributed by atoms with Gasteiger partial charge < -0.3 is 0 Å². The van der Waals surface area contributed by atoms with Crippen LogP contribution in [0.3, 0.4) is 0 Å². The standard InChI is InChI=1S/C9H10N/c1-7-4-5-10-6-9(7)8-2-3-8/h4-5,8H,2-3H2,1H3. The van der Waals surface area contributed by atoms with Crippen LogP contribution in [0.2, 0.25) is 0 Å². The molecule has 1 nitrogen and oxygen atoms in total. The second-order valence-electron chi connectivity index (χ2n) is 2.93. The quantitative estimate of drug-likeness (QED) is 0.570. The zero-order valence-corrected chi connectivity index (χ0v) is 6.09. The van der Waals surface area contributed by atoms with Crippen molar-refractivity contribution in [3.05, 3.63) is 29.6 Å². The molecule has 0 spiro atoms. The van der Waals surface area contributed by atoms with E-state index in [1.54, 1.807) is 6.20 Å². The Morgan fingerprint density at radius 3 is 3.00 bits per heavy atom. The molecule has 2 rings (SSSR count). The van der Waals surface area contributed by atoms with Crippen LogP contribution < -0.4 is 0 Å². The molecule has 1 saturated carbocycles. The molecule has 1 radical (unpaired) electrons. The number of rotatable bonds is 1. The van der Waals surface area contributed by atoms with Gasteiger partial charge in [0.1, 0.15) is 0 Å². The average Bonchev–Trinajstić information content (AvgIpc) is 2.71. The van der Waals surface area contributed by atoms with Crippen LogP contribution in [-0.4, -0.2) is 4.98 Å². The second kappa shape index (κ2) is 2.08. The fraction of sp³-hybridized carbons (Fsp3) is 0.444. The number of pyridine rings is 1. The van der Waals surface area contributed by atoms with E-state index in [0.29, 0.717) is 0 Å². The molecular formula is C9H10N. The number of hydrogen-bond donors (Lipinski definition) is 0. The maximum Gasteiger partial charge on any atom is 0.0926 e. The van der Waals surface area contributed by atoms with E-state index in [1.807, 2.05) is 0 Å². The van der Waals surface area contributed by atoms with Gasteiger partial charge in [-0.15, -0.1) is 0 Å². The molecule has 0 amide bonds. The van der Waals surface area contributed by atoms with E-state index >= 15 is 0 Å². The molecule has 0 aliphatic heterocycles. The van der Waals surface area contributed by atoms with Crippen molar-refractivity contribution in [2.24, 2.45) is 0 Å². The molecule has 1 aromatic rings. The molecule has 0 N–H and O–H groups in total. The predicted octanol–water partition coefficient (Wildman–Crippen LogP) is 2.07. The number of nitrogens with zero attached hydrogens (tertiary/aromatic N) is 1. The van der Waals surface area contributed by atoms with Crippen molar-refractivity contribution in [2.75, 3.05) is 0 Å². The third kappa shape index (κ3) is 0.919. The number of aromatic nitrogens is 1. The van der Waals surface area contributed by atoms with Gasteiger partial charge in [-0.3, -0.25) is 4.98 Å². The van der Waals surface area contributed by atoms with Crippen molar-refractivity contribution >= 4 is 0 Å². The summed E-state index contributed by atoms with van der Waals surface area (Å²) < 4.78 is 0. The maximum atomic E-state index is 3.98. The van der Waals surface area contributed by atoms with E-state index in [0.717, 1.165) is 5.92 Å². The van der Waals surface area contributed by atoms with Crippen molar-refractivity contribution in [1.82, 2.24) is 4.98 Å². The lowest BCUT2D eigenvalue weighted by molar-refractivity contribution is 1.05. The monoisotopic (exact) mass is 132 g/mol. The Morgan fingerprint density at radius 2 is 2.40 bits per heavy atom. The van der Waals surface area contributed by atoms with Crippen LogP contribution in [0.4, 0.5) is 0 Å². The molecule has 1 heteroatoms. The molecule has 0 bridgehead atoms. The fourth-order valence-electron chi connectivity index (χ4n) is 1.22. The lowest BCUT2D eigenvalue weighted by Gasteiger charge is -1.98. The Hall–Kier alpha value is -0.850. The van der Waals surface area contributed by atoms with Gasteiger partial charge in [-0.1, -0.05) is 0 Å². The van der Waals surface area contributed by atoms with Crippen molar-refractivity contribution in [3.63, 3.8) is 0 Å². The van der Waals surface area contributed by atoms with Gasteiger partial charge in [-0.25, -0.2) is 0 Å². The molecule has 0 unspecified atom stereocenters. The Labute approximate surface area is 61.1 Å². The Morgan fingerprint density at radius 1 is 1.60 bits per heavy atom. The van der Waals surface area contributed by atoms with Gasteiger partial charge in [-0.05, 0) is 42.9 Å². The highest BCUT2D eigenvalue weighted by Gasteiger charge is 2.25. The molecule has 10 heavy (non-hydrogen) atoms. The Bertz CT molecular complexity index is 238. The molecule has 1 aliphatic carbocycles. The summed E-state index contributed by atoms with van der Waals surface area (Å²) in [6.45, 7) is 2.13. The van der Waals surface area contributed by atoms with E-state index in [1.165, 1.54) is 24.0 Å². The molecule has 0 saturated heterocycles. The molecule has 51 valence electrons. The second-order valence-corrected chi connectivity index (χ2v) is 2.93. The van der Waals surface area contributed by atoms with Crippen molar-refractivity contribution in [1.29, 1.82) is 0 Å². The first-order valence-electron chi connectivity index (χ1n) is 3.71. The third-order valence-corrected chi connectivity index (χ3v) is 1.99. The van der Waals surface area contributed by atoms with Gasteiger partial charge in [-0.2, -0.15) is 0 Å². The van der Waals surface area contributed by atoms with Crippen molar-refractivity contribution in [2.45, 2.75) is 25.7 Å². The first-order chi connectivity index (χ1) is 4.88. The minimum absolute atomic E-state index is 0.786. The molecule has 0 atom stereocenters. The van der Waals surface area contributed by atoms with Gasteiger partial charge in [0, 0.05) is 6.20 Å².